The number of thioether (sulfide) groups is 1. The van der Waals surface area contributed by atoms with Gasteiger partial charge in [-0.3, -0.25) is 14.9 Å². The van der Waals surface area contributed by atoms with Gasteiger partial charge in [0.25, 0.3) is 0 Å². The van der Waals surface area contributed by atoms with Crippen LogP contribution in [0.5, 0.6) is 0 Å². The highest BCUT2D eigenvalue weighted by atomic mass is 32.2. The lowest BCUT2D eigenvalue weighted by Gasteiger charge is -2.22. The minimum atomic E-state index is -1.05. The third kappa shape index (κ3) is 7.91. The second-order valence-corrected chi connectivity index (χ2v) is 6.25. The largest absolute Gasteiger partial charge is 0.480 e. The average molecular weight is 317 g/mol. The third-order valence-electron chi connectivity index (χ3n) is 3.32. The van der Waals surface area contributed by atoms with E-state index in [4.69, 9.17) is 10.8 Å². The molecule has 1 saturated carbocycles. The summed E-state index contributed by atoms with van der Waals surface area (Å²) in [5.74, 6) is -0.848. The van der Waals surface area contributed by atoms with Crippen LogP contribution in [-0.4, -0.2) is 46.6 Å². The van der Waals surface area contributed by atoms with Crippen LogP contribution >= 0.6 is 11.8 Å². The number of carboxylic acids is 1. The molecule has 3 amide bonds. The Bertz CT molecular complexity index is 372. The zero-order valence-corrected chi connectivity index (χ0v) is 12.8. The summed E-state index contributed by atoms with van der Waals surface area (Å²) in [6, 6.07) is -1.20. The summed E-state index contributed by atoms with van der Waals surface area (Å²) >= 11 is 1.26. The van der Waals surface area contributed by atoms with Gasteiger partial charge in [-0.1, -0.05) is 19.3 Å². The minimum Gasteiger partial charge on any atom is -0.480 e. The van der Waals surface area contributed by atoms with Gasteiger partial charge in [-0.25, -0.2) is 4.79 Å². The molecule has 0 bridgehead atoms. The van der Waals surface area contributed by atoms with E-state index in [1.165, 1.54) is 18.2 Å². The zero-order valence-electron chi connectivity index (χ0n) is 12.0. The first-order valence-electron chi connectivity index (χ1n) is 7.15. The Kier molecular flexibility index (Phi) is 8.14. The summed E-state index contributed by atoms with van der Waals surface area (Å²) < 4.78 is 0. The molecule has 1 unspecified atom stereocenters. The van der Waals surface area contributed by atoms with Gasteiger partial charge in [0, 0.05) is 6.04 Å². The number of amides is 3. The quantitative estimate of drug-likeness (QED) is 0.512. The molecule has 0 aromatic rings. The van der Waals surface area contributed by atoms with E-state index in [2.05, 4.69) is 10.6 Å². The Morgan fingerprint density at radius 2 is 1.90 bits per heavy atom. The number of hydrogen-bond acceptors (Lipinski definition) is 5. The van der Waals surface area contributed by atoms with Crippen molar-refractivity contribution in [3.8, 4) is 0 Å². The van der Waals surface area contributed by atoms with Crippen LogP contribution in [0.1, 0.15) is 38.5 Å². The van der Waals surface area contributed by atoms with E-state index in [0.717, 1.165) is 25.7 Å². The molecule has 1 aliphatic carbocycles. The van der Waals surface area contributed by atoms with Crippen LogP contribution in [0.25, 0.3) is 0 Å². The number of nitrogens with one attached hydrogen (secondary N) is 2. The summed E-state index contributed by atoms with van der Waals surface area (Å²) in [5.41, 5.74) is 5.34. The van der Waals surface area contributed by atoms with Crippen molar-refractivity contribution in [3.63, 3.8) is 0 Å². The summed E-state index contributed by atoms with van der Waals surface area (Å²) in [5, 5.41) is 13.7. The van der Waals surface area contributed by atoms with Gasteiger partial charge < -0.3 is 16.2 Å². The molecular weight excluding hydrogens is 294 g/mol. The van der Waals surface area contributed by atoms with E-state index in [1.54, 1.807) is 0 Å². The molecule has 1 fully saturated rings. The highest BCUT2D eigenvalue weighted by molar-refractivity contribution is 7.99. The molecule has 0 aromatic carbocycles. The van der Waals surface area contributed by atoms with Crippen molar-refractivity contribution in [2.75, 3.05) is 11.5 Å². The molecule has 0 heterocycles. The monoisotopic (exact) mass is 317 g/mol. The normalized spacial score (nSPS) is 17.0. The lowest BCUT2D eigenvalue weighted by molar-refractivity contribution is -0.138. The van der Waals surface area contributed by atoms with E-state index in [0.29, 0.717) is 12.2 Å². The van der Waals surface area contributed by atoms with E-state index in [-0.39, 0.29) is 17.7 Å². The fourth-order valence-electron chi connectivity index (χ4n) is 2.13. The summed E-state index contributed by atoms with van der Waals surface area (Å²) in [4.78, 5) is 33.6. The average Bonchev–Trinajstić information content (AvgIpc) is 2.44. The predicted octanol–water partition coefficient (Wildman–Crippen LogP) is 0.680. The molecule has 7 nitrogen and oxygen atoms in total. The maximum atomic E-state index is 11.6. The van der Waals surface area contributed by atoms with Crippen molar-refractivity contribution >= 4 is 29.7 Å². The van der Waals surface area contributed by atoms with Crippen LogP contribution in [0, 0.1) is 0 Å². The van der Waals surface area contributed by atoms with Crippen molar-refractivity contribution in [2.45, 2.75) is 50.6 Å². The maximum absolute atomic E-state index is 11.6. The second-order valence-electron chi connectivity index (χ2n) is 5.14. The van der Waals surface area contributed by atoms with Crippen molar-refractivity contribution in [2.24, 2.45) is 5.73 Å². The highest BCUT2D eigenvalue weighted by Crippen LogP contribution is 2.17. The fourth-order valence-corrected chi connectivity index (χ4v) is 2.95. The summed E-state index contributed by atoms with van der Waals surface area (Å²) in [6.07, 6.45) is 5.64. The molecule has 21 heavy (non-hydrogen) atoms. The van der Waals surface area contributed by atoms with Gasteiger partial charge in [0.15, 0.2) is 0 Å². The van der Waals surface area contributed by atoms with Gasteiger partial charge >= 0.3 is 12.0 Å². The summed E-state index contributed by atoms with van der Waals surface area (Å²) in [6.45, 7) is 0. The predicted molar refractivity (Wildman–Crippen MR) is 81.1 cm³/mol. The molecule has 0 spiro atoms. The lowest BCUT2D eigenvalue weighted by Crippen LogP contribution is -2.45. The standard InChI is InChI=1S/C13H23N3O4S/c14-10(12(18)19)6-7-21-8-11(17)16-13(20)15-9-4-2-1-3-5-9/h9-10H,1-8,14H2,(H,18,19)(H2,15,16,17,20). The van der Waals surface area contributed by atoms with E-state index in [1.807, 2.05) is 0 Å². The number of carbonyl (C=O) groups excluding carboxylic acids is 2. The molecule has 0 radical (unpaired) electrons. The van der Waals surface area contributed by atoms with Gasteiger partial charge in [-0.2, -0.15) is 11.8 Å². The van der Waals surface area contributed by atoms with Crippen molar-refractivity contribution in [3.05, 3.63) is 0 Å². The van der Waals surface area contributed by atoms with Gasteiger partial charge in [-0.05, 0) is 25.0 Å². The van der Waals surface area contributed by atoms with Crippen LogP contribution in [-0.2, 0) is 9.59 Å². The van der Waals surface area contributed by atoms with E-state index >= 15 is 0 Å². The zero-order chi connectivity index (χ0) is 15.7. The lowest BCUT2D eigenvalue weighted by atomic mass is 9.96. The molecular formula is C13H23N3O4S. The number of imide groups is 1. The van der Waals surface area contributed by atoms with Gasteiger partial charge in [0.1, 0.15) is 6.04 Å². The minimum absolute atomic E-state index is 0.116. The highest BCUT2D eigenvalue weighted by Gasteiger charge is 2.17. The summed E-state index contributed by atoms with van der Waals surface area (Å²) in [7, 11) is 0. The molecule has 5 N–H and O–H groups in total. The van der Waals surface area contributed by atoms with Crippen LogP contribution < -0.4 is 16.4 Å². The Balaban J connectivity index is 2.09. The molecule has 8 heteroatoms. The van der Waals surface area contributed by atoms with Crippen molar-refractivity contribution < 1.29 is 19.5 Å². The molecule has 0 saturated heterocycles. The smallest absolute Gasteiger partial charge is 0.321 e. The first-order chi connectivity index (χ1) is 9.99. The Labute approximate surface area is 128 Å². The molecule has 1 atom stereocenters. The third-order valence-corrected chi connectivity index (χ3v) is 4.31. The molecule has 1 aliphatic rings. The number of hydrogen-bond donors (Lipinski definition) is 4. The Hall–Kier alpha value is -1.28. The Morgan fingerprint density at radius 3 is 2.52 bits per heavy atom. The van der Waals surface area contributed by atoms with Crippen molar-refractivity contribution in [1.82, 2.24) is 10.6 Å². The number of aliphatic carboxylic acids is 1. The molecule has 1 rings (SSSR count). The number of nitrogens with two attached hydrogens (primary N) is 1. The van der Waals surface area contributed by atoms with Crippen LogP contribution in [0.4, 0.5) is 4.79 Å². The van der Waals surface area contributed by atoms with Crippen LogP contribution in [0.15, 0.2) is 0 Å². The number of carbonyl (C=O) groups is 3. The van der Waals surface area contributed by atoms with Crippen molar-refractivity contribution in [1.29, 1.82) is 0 Å². The molecule has 0 aromatic heterocycles. The number of urea groups is 1. The van der Waals surface area contributed by atoms with E-state index in [9.17, 15) is 14.4 Å². The number of carboxylic acid groups (broad SMARTS) is 1. The Morgan fingerprint density at radius 1 is 1.24 bits per heavy atom. The van der Waals surface area contributed by atoms with Gasteiger partial charge in [0.2, 0.25) is 5.91 Å². The molecule has 120 valence electrons. The second kappa shape index (κ2) is 9.62. The van der Waals surface area contributed by atoms with E-state index < -0.39 is 18.0 Å². The SMILES string of the molecule is NC(CCSCC(=O)NC(=O)NC1CCCCC1)C(=O)O. The van der Waals surface area contributed by atoms with Gasteiger partial charge in [0.05, 0.1) is 5.75 Å². The fraction of sp³-hybridized carbons (Fsp3) is 0.769. The number of rotatable bonds is 7. The molecule has 0 aliphatic heterocycles. The maximum Gasteiger partial charge on any atom is 0.321 e. The van der Waals surface area contributed by atoms with Crippen LogP contribution in [0.2, 0.25) is 0 Å². The topological polar surface area (TPSA) is 122 Å². The first-order valence-corrected chi connectivity index (χ1v) is 8.31. The van der Waals surface area contributed by atoms with Crippen LogP contribution in [0.3, 0.4) is 0 Å². The first kappa shape index (κ1) is 17.8. The van der Waals surface area contributed by atoms with Gasteiger partial charge in [-0.15, -0.1) is 0 Å².